The standard InChI is InChI=1S/C23H22N4O3S/c1-3-31(29,30)26-19-12-5-4-11-18(19)23(28)24-17-10-8-9-16(15-17)22-25-20-13-6-7-14-21(20)27(22)2/h4-15,26H,3H2,1-2H3,(H,24,28). The van der Waals surface area contributed by atoms with Crippen molar-refractivity contribution in [2.75, 3.05) is 15.8 Å². The Kier molecular flexibility index (Phi) is 5.48. The number of nitrogens with zero attached hydrogens (tertiary/aromatic N) is 2. The van der Waals surface area contributed by atoms with Crippen LogP contribution in [0.25, 0.3) is 22.4 Å². The minimum Gasteiger partial charge on any atom is -0.327 e. The van der Waals surface area contributed by atoms with Gasteiger partial charge in [0.1, 0.15) is 5.82 Å². The molecule has 4 rings (SSSR count). The second-order valence-electron chi connectivity index (χ2n) is 7.07. The van der Waals surface area contributed by atoms with Gasteiger partial charge in [-0.05, 0) is 43.3 Å². The Hall–Kier alpha value is -3.65. The van der Waals surface area contributed by atoms with Gasteiger partial charge in [0.2, 0.25) is 10.0 Å². The molecule has 1 amide bonds. The molecule has 8 heteroatoms. The molecule has 158 valence electrons. The van der Waals surface area contributed by atoms with Crippen LogP contribution in [0.4, 0.5) is 11.4 Å². The number of hydrogen-bond donors (Lipinski definition) is 2. The smallest absolute Gasteiger partial charge is 0.257 e. The Morgan fingerprint density at radius 1 is 1.00 bits per heavy atom. The van der Waals surface area contributed by atoms with Gasteiger partial charge in [0.15, 0.2) is 0 Å². The maximum absolute atomic E-state index is 12.9. The number of sulfonamides is 1. The van der Waals surface area contributed by atoms with Gasteiger partial charge in [-0.3, -0.25) is 9.52 Å². The summed E-state index contributed by atoms with van der Waals surface area (Å²) in [6.07, 6.45) is 0. The summed E-state index contributed by atoms with van der Waals surface area (Å²) in [7, 11) is -1.55. The number of carbonyl (C=O) groups excluding carboxylic acids is 1. The molecular formula is C23H22N4O3S. The number of aromatic nitrogens is 2. The van der Waals surface area contributed by atoms with Gasteiger partial charge in [-0.25, -0.2) is 13.4 Å². The number of nitrogens with one attached hydrogen (secondary N) is 2. The molecule has 31 heavy (non-hydrogen) atoms. The molecule has 0 atom stereocenters. The number of fused-ring (bicyclic) bond motifs is 1. The van der Waals surface area contributed by atoms with Gasteiger partial charge in [-0.2, -0.15) is 0 Å². The van der Waals surface area contributed by atoms with E-state index in [1.807, 2.05) is 54.1 Å². The number of anilines is 2. The fourth-order valence-electron chi connectivity index (χ4n) is 3.35. The van der Waals surface area contributed by atoms with E-state index in [2.05, 4.69) is 10.0 Å². The van der Waals surface area contributed by atoms with Crippen LogP contribution in [0.5, 0.6) is 0 Å². The first-order valence-electron chi connectivity index (χ1n) is 9.81. The number of amides is 1. The zero-order valence-electron chi connectivity index (χ0n) is 17.2. The number of rotatable bonds is 6. The Bertz CT molecular complexity index is 1380. The third kappa shape index (κ3) is 4.29. The quantitative estimate of drug-likeness (QED) is 0.474. The van der Waals surface area contributed by atoms with Crippen LogP contribution >= 0.6 is 0 Å². The summed E-state index contributed by atoms with van der Waals surface area (Å²) < 4.78 is 28.4. The van der Waals surface area contributed by atoms with E-state index in [0.29, 0.717) is 5.69 Å². The third-order valence-corrected chi connectivity index (χ3v) is 6.27. The van der Waals surface area contributed by atoms with E-state index < -0.39 is 15.9 Å². The molecule has 0 aliphatic heterocycles. The topological polar surface area (TPSA) is 93.1 Å². The highest BCUT2D eigenvalue weighted by molar-refractivity contribution is 7.92. The zero-order valence-corrected chi connectivity index (χ0v) is 18.0. The van der Waals surface area contributed by atoms with Gasteiger partial charge >= 0.3 is 0 Å². The Balaban J connectivity index is 1.63. The molecule has 1 aromatic heterocycles. The SMILES string of the molecule is CCS(=O)(=O)Nc1ccccc1C(=O)Nc1cccc(-c2nc3ccccc3n2C)c1. The van der Waals surface area contributed by atoms with Crippen LogP contribution in [0.1, 0.15) is 17.3 Å². The molecule has 1 heterocycles. The van der Waals surface area contributed by atoms with Crippen molar-refractivity contribution in [2.45, 2.75) is 6.92 Å². The average Bonchev–Trinajstić information content (AvgIpc) is 3.11. The molecule has 0 aliphatic rings. The first-order valence-corrected chi connectivity index (χ1v) is 11.5. The molecule has 0 saturated carbocycles. The first kappa shape index (κ1) is 20.6. The minimum absolute atomic E-state index is 0.0803. The van der Waals surface area contributed by atoms with E-state index in [1.165, 1.54) is 6.92 Å². The molecule has 0 unspecified atom stereocenters. The summed E-state index contributed by atoms with van der Waals surface area (Å²) in [5.41, 5.74) is 3.84. The minimum atomic E-state index is -3.50. The number of aryl methyl sites for hydroxylation is 1. The Morgan fingerprint density at radius 3 is 2.52 bits per heavy atom. The lowest BCUT2D eigenvalue weighted by molar-refractivity contribution is 0.102. The lowest BCUT2D eigenvalue weighted by atomic mass is 10.1. The molecule has 0 saturated heterocycles. The van der Waals surface area contributed by atoms with Crippen molar-refractivity contribution in [3.63, 3.8) is 0 Å². The van der Waals surface area contributed by atoms with Gasteiger partial charge in [-0.1, -0.05) is 36.4 Å². The molecule has 2 N–H and O–H groups in total. The van der Waals surface area contributed by atoms with Gasteiger partial charge in [0.05, 0.1) is 28.0 Å². The van der Waals surface area contributed by atoms with Crippen molar-refractivity contribution < 1.29 is 13.2 Å². The van der Waals surface area contributed by atoms with E-state index in [4.69, 9.17) is 4.98 Å². The first-order chi connectivity index (χ1) is 14.9. The Labute approximate surface area is 180 Å². The molecule has 0 spiro atoms. The molecule has 0 radical (unpaired) electrons. The van der Waals surface area contributed by atoms with Crippen molar-refractivity contribution in [3.05, 3.63) is 78.4 Å². The second kappa shape index (κ2) is 8.23. The predicted molar refractivity (Wildman–Crippen MR) is 124 cm³/mol. The fraction of sp³-hybridized carbons (Fsp3) is 0.130. The van der Waals surface area contributed by atoms with Crippen LogP contribution in [0, 0.1) is 0 Å². The Morgan fingerprint density at radius 2 is 1.74 bits per heavy atom. The monoisotopic (exact) mass is 434 g/mol. The average molecular weight is 435 g/mol. The molecule has 0 bridgehead atoms. The molecule has 7 nitrogen and oxygen atoms in total. The number of benzene rings is 3. The van der Waals surface area contributed by atoms with Crippen LogP contribution in [-0.4, -0.2) is 29.6 Å². The fourth-order valence-corrected chi connectivity index (χ4v) is 4.01. The summed E-state index contributed by atoms with van der Waals surface area (Å²) in [5.74, 6) is 0.299. The highest BCUT2D eigenvalue weighted by Crippen LogP contribution is 2.26. The van der Waals surface area contributed by atoms with E-state index in [0.717, 1.165) is 22.4 Å². The maximum Gasteiger partial charge on any atom is 0.257 e. The van der Waals surface area contributed by atoms with E-state index >= 15 is 0 Å². The maximum atomic E-state index is 12.9. The van der Waals surface area contributed by atoms with Crippen molar-refractivity contribution in [3.8, 4) is 11.4 Å². The molecule has 0 fully saturated rings. The van der Waals surface area contributed by atoms with Crippen LogP contribution in [0.15, 0.2) is 72.8 Å². The largest absolute Gasteiger partial charge is 0.327 e. The van der Waals surface area contributed by atoms with Crippen LogP contribution < -0.4 is 10.0 Å². The third-order valence-electron chi connectivity index (χ3n) is 4.98. The predicted octanol–water partition coefficient (Wildman–Crippen LogP) is 4.25. The van der Waals surface area contributed by atoms with Crippen molar-refractivity contribution in [2.24, 2.45) is 7.05 Å². The van der Waals surface area contributed by atoms with Crippen molar-refractivity contribution in [1.82, 2.24) is 9.55 Å². The summed E-state index contributed by atoms with van der Waals surface area (Å²) in [4.78, 5) is 17.6. The normalized spacial score (nSPS) is 11.4. The lowest BCUT2D eigenvalue weighted by Gasteiger charge is -2.12. The lowest BCUT2D eigenvalue weighted by Crippen LogP contribution is -2.19. The molecular weight excluding hydrogens is 412 g/mol. The summed E-state index contributed by atoms with van der Waals surface area (Å²) >= 11 is 0. The molecule has 3 aromatic carbocycles. The van der Waals surface area contributed by atoms with Crippen molar-refractivity contribution in [1.29, 1.82) is 0 Å². The van der Waals surface area contributed by atoms with Crippen molar-refractivity contribution >= 4 is 38.3 Å². The van der Waals surface area contributed by atoms with Crippen LogP contribution in [0.2, 0.25) is 0 Å². The number of hydrogen-bond acceptors (Lipinski definition) is 4. The van der Waals surface area contributed by atoms with Gasteiger partial charge in [0, 0.05) is 18.3 Å². The number of carbonyl (C=O) groups is 1. The second-order valence-corrected chi connectivity index (χ2v) is 9.08. The summed E-state index contributed by atoms with van der Waals surface area (Å²) in [5, 5.41) is 2.85. The van der Waals surface area contributed by atoms with Gasteiger partial charge in [0.25, 0.3) is 5.91 Å². The summed E-state index contributed by atoms with van der Waals surface area (Å²) in [6, 6.07) is 21.8. The van der Waals surface area contributed by atoms with Crippen LogP contribution in [-0.2, 0) is 17.1 Å². The van der Waals surface area contributed by atoms with Gasteiger partial charge < -0.3 is 9.88 Å². The zero-order chi connectivity index (χ0) is 22.0. The highest BCUT2D eigenvalue weighted by Gasteiger charge is 2.16. The van der Waals surface area contributed by atoms with E-state index in [-0.39, 0.29) is 17.0 Å². The number of imidazole rings is 1. The van der Waals surface area contributed by atoms with Crippen LogP contribution in [0.3, 0.4) is 0 Å². The number of para-hydroxylation sites is 3. The van der Waals surface area contributed by atoms with E-state index in [1.54, 1.807) is 30.3 Å². The van der Waals surface area contributed by atoms with Gasteiger partial charge in [-0.15, -0.1) is 0 Å². The molecule has 0 aliphatic carbocycles. The highest BCUT2D eigenvalue weighted by atomic mass is 32.2. The molecule has 4 aromatic rings. The summed E-state index contributed by atoms with van der Waals surface area (Å²) in [6.45, 7) is 1.54. The van der Waals surface area contributed by atoms with E-state index in [9.17, 15) is 13.2 Å².